The van der Waals surface area contributed by atoms with Gasteiger partial charge in [0, 0.05) is 26.7 Å². The molecule has 0 spiro atoms. The molecule has 0 aromatic carbocycles. The summed E-state index contributed by atoms with van der Waals surface area (Å²) >= 11 is 0. The number of hydrogen-bond acceptors (Lipinski definition) is 4. The summed E-state index contributed by atoms with van der Waals surface area (Å²) in [5.41, 5.74) is -1.24. The molecule has 2 aliphatic heterocycles. The first kappa shape index (κ1) is 7.01. The van der Waals surface area contributed by atoms with Gasteiger partial charge in [0.25, 0.3) is 0 Å². The molecule has 2 saturated heterocycles. The monoisotopic (exact) mass is 298 g/mol. The molecule has 0 radical (unpaired) electrons. The van der Waals surface area contributed by atoms with Crippen molar-refractivity contribution in [3.05, 3.63) is 18.2 Å². The van der Waals surface area contributed by atoms with Gasteiger partial charge in [-0.3, -0.25) is 0 Å². The highest BCUT2D eigenvalue weighted by Gasteiger charge is 2.52. The van der Waals surface area contributed by atoms with Gasteiger partial charge in [-0.1, -0.05) is 6.07 Å². The number of aromatic nitrogens is 1. The maximum atomic E-state index is 8.29. The predicted octanol–water partition coefficient (Wildman–Crippen LogP) is 2.37. The Morgan fingerprint density at radius 3 is 2.33 bits per heavy atom. The van der Waals surface area contributed by atoms with Crippen molar-refractivity contribution >= 4 is 18.5 Å². The van der Waals surface area contributed by atoms with Gasteiger partial charge in [-0.25, -0.2) is 4.98 Å². The summed E-state index contributed by atoms with van der Waals surface area (Å²) < 4.78 is 93.0. The molecule has 2 aliphatic rings. The number of hydrogen-bond donors (Lipinski definition) is 0. The van der Waals surface area contributed by atoms with Crippen LogP contribution in [0.4, 0.5) is 5.82 Å². The van der Waals surface area contributed by atoms with Crippen LogP contribution in [0.2, 0.25) is 0 Å². The van der Waals surface area contributed by atoms with Crippen LogP contribution in [-0.2, 0) is 9.31 Å². The molecule has 4 nitrogen and oxygen atoms in total. The summed E-state index contributed by atoms with van der Waals surface area (Å²) in [6.45, 7) is 0.724. The molecule has 0 aliphatic carbocycles. The molecule has 3 rings (SSSR count). The van der Waals surface area contributed by atoms with E-state index in [0.29, 0.717) is 0 Å². The molecule has 0 saturated carbocycles. The number of pyridine rings is 1. The molecule has 0 bridgehead atoms. The first-order valence-electron chi connectivity index (χ1n) is 11.8. The molecule has 3 heterocycles. The molecular formula is C16H25BN2O2. The molecule has 5 heteroatoms. The van der Waals surface area contributed by atoms with Gasteiger partial charge < -0.3 is 14.2 Å². The molecule has 0 atom stereocenters. The Kier molecular flexibility index (Phi) is 1.77. The van der Waals surface area contributed by atoms with Gasteiger partial charge in [0.15, 0.2) is 0 Å². The summed E-state index contributed by atoms with van der Waals surface area (Å²) in [6.07, 6.45) is -10.3. The fourth-order valence-electron chi connectivity index (χ4n) is 2.00. The van der Waals surface area contributed by atoms with Crippen LogP contribution in [-0.4, -0.2) is 36.3 Å². The third kappa shape index (κ3) is 2.81. The lowest BCUT2D eigenvalue weighted by atomic mass is 9.84. The Morgan fingerprint density at radius 2 is 1.71 bits per heavy atom. The second-order valence-corrected chi connectivity index (χ2v) is 5.94. The quantitative estimate of drug-likeness (QED) is 0.785. The zero-order valence-electron chi connectivity index (χ0n) is 22.5. The summed E-state index contributed by atoms with van der Waals surface area (Å²) in [4.78, 5) is 4.45. The third-order valence-corrected chi connectivity index (χ3v) is 3.94. The smallest absolute Gasteiger partial charge is 0.398 e. The number of rotatable bonds is 2. The van der Waals surface area contributed by atoms with E-state index < -0.39 is 56.3 Å². The first-order valence-corrected chi connectivity index (χ1v) is 6.78. The molecule has 114 valence electrons. The van der Waals surface area contributed by atoms with E-state index >= 15 is 0 Å². The minimum atomic E-state index is -3.48. The van der Waals surface area contributed by atoms with Crippen LogP contribution in [0.15, 0.2) is 18.2 Å². The van der Waals surface area contributed by atoms with E-state index in [9.17, 15) is 0 Å². The van der Waals surface area contributed by atoms with Crippen molar-refractivity contribution in [3.8, 4) is 0 Å². The van der Waals surface area contributed by atoms with E-state index in [0.717, 1.165) is 0 Å². The van der Waals surface area contributed by atoms with E-state index in [2.05, 4.69) is 4.98 Å². The summed E-state index contributed by atoms with van der Waals surface area (Å²) in [7, 11) is -0.966. The molecule has 1 aromatic heterocycles. The highest BCUT2D eigenvalue weighted by atomic mass is 16.7. The standard InChI is InChI=1S/C16H25BN2O2/c1-15(2)16(3,4)21-17(20-15)13-9-8-10-14(18-13)19-11-6-5-7-12-19/h8-10H,5-7,11-12H2,1-4H3/i5D2,6D2,7D2,11D2,12D2. The fraction of sp³-hybridized carbons (Fsp3) is 0.688. The second kappa shape index (κ2) is 5.29. The average Bonchev–Trinajstić information content (AvgIpc) is 2.81. The Hall–Kier alpha value is -1.07. The number of piperidine rings is 1. The number of anilines is 1. The van der Waals surface area contributed by atoms with Crippen LogP contribution in [0.5, 0.6) is 0 Å². The zero-order valence-corrected chi connectivity index (χ0v) is 12.5. The van der Waals surface area contributed by atoms with Gasteiger partial charge in [0.05, 0.1) is 16.8 Å². The van der Waals surface area contributed by atoms with E-state index in [-0.39, 0.29) is 10.5 Å². The van der Waals surface area contributed by atoms with E-state index in [1.807, 2.05) is 27.7 Å². The lowest BCUT2D eigenvalue weighted by Gasteiger charge is -2.32. The van der Waals surface area contributed by atoms with Crippen molar-refractivity contribution in [2.45, 2.75) is 58.0 Å². The van der Waals surface area contributed by atoms with Gasteiger partial charge in [-0.05, 0) is 58.9 Å². The zero-order chi connectivity index (χ0) is 24.1. The van der Waals surface area contributed by atoms with Crippen LogP contribution < -0.4 is 10.5 Å². The Labute approximate surface area is 142 Å². The second-order valence-electron chi connectivity index (χ2n) is 5.94. The first-order chi connectivity index (χ1) is 13.7. The Morgan fingerprint density at radius 1 is 1.10 bits per heavy atom. The molecule has 21 heavy (non-hydrogen) atoms. The maximum Gasteiger partial charge on any atom is 0.514 e. The van der Waals surface area contributed by atoms with Crippen LogP contribution in [0.25, 0.3) is 0 Å². The van der Waals surface area contributed by atoms with E-state index in [4.69, 9.17) is 23.0 Å². The van der Waals surface area contributed by atoms with Gasteiger partial charge >= 0.3 is 7.12 Å². The molecule has 0 unspecified atom stereocenters. The van der Waals surface area contributed by atoms with Gasteiger partial charge in [0.2, 0.25) is 0 Å². The van der Waals surface area contributed by atoms with Crippen LogP contribution in [0, 0.1) is 0 Å². The van der Waals surface area contributed by atoms with Crippen molar-refractivity contribution in [2.75, 3.05) is 17.9 Å². The summed E-state index contributed by atoms with van der Waals surface area (Å²) in [5, 5.41) is 0. The van der Waals surface area contributed by atoms with Crippen molar-refractivity contribution in [1.29, 1.82) is 0 Å². The van der Waals surface area contributed by atoms with Gasteiger partial charge in [0.1, 0.15) is 5.82 Å². The SMILES string of the molecule is [2H]C1([2H])N(c2cccc(B3OC(C)(C)C(C)(C)O3)n2)C([2H])([2H])C([2H])([2H])C([2H])([2H])C1([2H])[2H]. The molecular weight excluding hydrogens is 263 g/mol. The molecule has 0 amide bonds. The predicted molar refractivity (Wildman–Crippen MR) is 86.0 cm³/mol. The van der Waals surface area contributed by atoms with Crippen molar-refractivity contribution in [3.63, 3.8) is 0 Å². The summed E-state index contributed by atoms with van der Waals surface area (Å²) in [5.74, 6) is -0.412. The lowest BCUT2D eigenvalue weighted by molar-refractivity contribution is 0.00578. The Bertz CT molecular complexity index is 847. The summed E-state index contributed by atoms with van der Waals surface area (Å²) in [6, 6.07) is 4.14. The van der Waals surface area contributed by atoms with Crippen LogP contribution in [0.3, 0.4) is 0 Å². The Balaban J connectivity index is 2.13. The highest BCUT2D eigenvalue weighted by molar-refractivity contribution is 6.61. The topological polar surface area (TPSA) is 34.6 Å². The van der Waals surface area contributed by atoms with E-state index in [1.54, 1.807) is 0 Å². The largest absolute Gasteiger partial charge is 0.514 e. The lowest BCUT2D eigenvalue weighted by Crippen LogP contribution is -2.41. The molecule has 2 fully saturated rings. The third-order valence-electron chi connectivity index (χ3n) is 3.94. The van der Waals surface area contributed by atoms with Crippen LogP contribution >= 0.6 is 0 Å². The molecule has 0 N–H and O–H groups in total. The van der Waals surface area contributed by atoms with Crippen molar-refractivity contribution < 1.29 is 23.0 Å². The van der Waals surface area contributed by atoms with Crippen molar-refractivity contribution in [1.82, 2.24) is 4.98 Å². The number of nitrogens with zero attached hydrogens (tertiary/aromatic N) is 2. The molecule has 1 aromatic rings. The van der Waals surface area contributed by atoms with E-state index in [1.165, 1.54) is 18.2 Å². The minimum Gasteiger partial charge on any atom is -0.398 e. The van der Waals surface area contributed by atoms with Gasteiger partial charge in [-0.15, -0.1) is 0 Å². The van der Waals surface area contributed by atoms with Crippen molar-refractivity contribution in [2.24, 2.45) is 0 Å². The highest BCUT2D eigenvalue weighted by Crippen LogP contribution is 2.36. The normalized spacial score (nSPS) is 43.4. The van der Waals surface area contributed by atoms with Gasteiger partial charge in [-0.2, -0.15) is 0 Å². The fourth-order valence-corrected chi connectivity index (χ4v) is 2.00. The minimum absolute atomic E-state index is 0.164. The maximum absolute atomic E-state index is 8.29. The van der Waals surface area contributed by atoms with Crippen LogP contribution in [0.1, 0.15) is 60.5 Å². The average molecular weight is 298 g/mol.